The maximum atomic E-state index is 12.5. The third-order valence-corrected chi connectivity index (χ3v) is 5.15. The Morgan fingerprint density at radius 3 is 2.79 bits per heavy atom. The van der Waals surface area contributed by atoms with Crippen molar-refractivity contribution < 1.29 is 9.53 Å². The Bertz CT molecular complexity index is 427. The maximum absolute atomic E-state index is 12.5. The first-order valence-corrected chi connectivity index (χ1v) is 7.84. The zero-order valence-electron chi connectivity index (χ0n) is 12.0. The van der Waals surface area contributed by atoms with Gasteiger partial charge >= 0.3 is 5.97 Å². The molecule has 2 rings (SSSR count). The lowest BCUT2D eigenvalue weighted by Gasteiger charge is -2.40. The zero-order valence-corrected chi connectivity index (χ0v) is 12.8. The Kier molecular flexibility index (Phi) is 4.31. The molecule has 1 N–H and O–H groups in total. The van der Waals surface area contributed by atoms with Gasteiger partial charge in [0.25, 0.3) is 0 Å². The van der Waals surface area contributed by atoms with Crippen molar-refractivity contribution in [2.24, 2.45) is 5.41 Å². The summed E-state index contributed by atoms with van der Waals surface area (Å²) < 4.78 is 5.34. The van der Waals surface area contributed by atoms with E-state index in [4.69, 9.17) is 4.74 Å². The van der Waals surface area contributed by atoms with Gasteiger partial charge in [-0.15, -0.1) is 11.3 Å². The average Bonchev–Trinajstić information content (AvgIpc) is 2.95. The second-order valence-electron chi connectivity index (χ2n) is 5.80. The van der Waals surface area contributed by atoms with Crippen molar-refractivity contribution in [3.63, 3.8) is 0 Å². The van der Waals surface area contributed by atoms with Crippen molar-refractivity contribution in [3.8, 4) is 0 Å². The minimum Gasteiger partial charge on any atom is -0.465 e. The van der Waals surface area contributed by atoms with Crippen LogP contribution in [-0.4, -0.2) is 18.1 Å². The van der Waals surface area contributed by atoms with E-state index in [-0.39, 0.29) is 11.4 Å². The van der Waals surface area contributed by atoms with Crippen LogP contribution in [0.4, 0.5) is 0 Å². The normalized spacial score (nSPS) is 25.4. The first-order valence-electron chi connectivity index (χ1n) is 6.96. The molecule has 3 nitrogen and oxygen atoms in total. The molecule has 0 saturated heterocycles. The molecule has 1 unspecified atom stereocenters. The lowest BCUT2D eigenvalue weighted by molar-refractivity contribution is -0.155. The van der Waals surface area contributed by atoms with Crippen molar-refractivity contribution in [1.29, 1.82) is 0 Å². The molecular formula is C15H23NO2S. The second kappa shape index (κ2) is 5.63. The highest BCUT2D eigenvalue weighted by atomic mass is 32.1. The molecule has 0 bridgehead atoms. The van der Waals surface area contributed by atoms with Crippen molar-refractivity contribution >= 4 is 17.3 Å². The molecule has 19 heavy (non-hydrogen) atoms. The first-order chi connectivity index (χ1) is 9.02. The number of rotatable bonds is 5. The van der Waals surface area contributed by atoms with Crippen molar-refractivity contribution in [3.05, 3.63) is 22.4 Å². The van der Waals surface area contributed by atoms with Crippen molar-refractivity contribution in [2.45, 2.75) is 52.1 Å². The number of hydrogen-bond acceptors (Lipinski definition) is 4. The minimum absolute atomic E-state index is 0.0590. The number of esters is 1. The Hall–Kier alpha value is -0.870. The third kappa shape index (κ3) is 2.70. The first kappa shape index (κ1) is 14.5. The highest BCUT2D eigenvalue weighted by Crippen LogP contribution is 2.46. The van der Waals surface area contributed by atoms with Crippen molar-refractivity contribution in [1.82, 2.24) is 5.32 Å². The topological polar surface area (TPSA) is 38.3 Å². The van der Waals surface area contributed by atoms with E-state index in [0.29, 0.717) is 6.61 Å². The quantitative estimate of drug-likeness (QED) is 0.841. The molecule has 0 radical (unpaired) electrons. The highest BCUT2D eigenvalue weighted by molar-refractivity contribution is 7.09. The number of hydrogen-bond donors (Lipinski definition) is 1. The van der Waals surface area contributed by atoms with Crippen LogP contribution in [0.3, 0.4) is 0 Å². The second-order valence-corrected chi connectivity index (χ2v) is 6.83. The van der Waals surface area contributed by atoms with Gasteiger partial charge < -0.3 is 4.74 Å². The monoisotopic (exact) mass is 281 g/mol. The van der Waals surface area contributed by atoms with Crippen LogP contribution in [0.15, 0.2) is 17.5 Å². The standard InChI is InChI=1S/C15H23NO2S/c1-4-18-13(17)15(9-6-8-14(15,2)3)16-11-12-7-5-10-19-12/h5,7,10,16H,4,6,8-9,11H2,1-3H3. The lowest BCUT2D eigenvalue weighted by atomic mass is 9.74. The van der Waals surface area contributed by atoms with E-state index in [1.165, 1.54) is 4.88 Å². The lowest BCUT2D eigenvalue weighted by Crippen LogP contribution is -2.59. The highest BCUT2D eigenvalue weighted by Gasteiger charge is 2.55. The fraction of sp³-hybridized carbons (Fsp3) is 0.667. The molecule has 0 aliphatic heterocycles. The molecule has 106 valence electrons. The molecule has 1 aliphatic carbocycles. The van der Waals surface area contributed by atoms with Crippen LogP contribution >= 0.6 is 11.3 Å². The van der Waals surface area contributed by atoms with Gasteiger partial charge in [0.2, 0.25) is 0 Å². The molecule has 0 amide bonds. The molecule has 4 heteroatoms. The smallest absolute Gasteiger partial charge is 0.326 e. The molecule has 1 aromatic heterocycles. The summed E-state index contributed by atoms with van der Waals surface area (Å²) in [5.41, 5.74) is -0.594. The van der Waals surface area contributed by atoms with Gasteiger partial charge in [0.1, 0.15) is 5.54 Å². The molecule has 1 atom stereocenters. The van der Waals surface area contributed by atoms with Gasteiger partial charge in [0.05, 0.1) is 6.61 Å². The number of carbonyl (C=O) groups excluding carboxylic acids is 1. The maximum Gasteiger partial charge on any atom is 0.326 e. The van der Waals surface area contributed by atoms with Crippen LogP contribution in [0.1, 0.15) is 44.9 Å². The Morgan fingerprint density at radius 1 is 1.47 bits per heavy atom. The molecule has 1 fully saturated rings. The summed E-state index contributed by atoms with van der Waals surface area (Å²) in [6.07, 6.45) is 3.00. The fourth-order valence-electron chi connectivity index (χ4n) is 3.03. The predicted molar refractivity (Wildman–Crippen MR) is 78.2 cm³/mol. The van der Waals surface area contributed by atoms with E-state index in [9.17, 15) is 4.79 Å². The van der Waals surface area contributed by atoms with E-state index in [1.807, 2.05) is 13.0 Å². The minimum atomic E-state index is -0.535. The van der Waals surface area contributed by atoms with Gasteiger partial charge in [0, 0.05) is 11.4 Å². The van der Waals surface area contributed by atoms with Crippen molar-refractivity contribution in [2.75, 3.05) is 6.61 Å². The number of carbonyl (C=O) groups is 1. The SMILES string of the molecule is CCOC(=O)C1(NCc2cccs2)CCCC1(C)C. The van der Waals surface area contributed by atoms with Gasteiger partial charge in [-0.05, 0) is 36.6 Å². The molecule has 1 aliphatic rings. The van der Waals surface area contributed by atoms with Crippen LogP contribution in [0.25, 0.3) is 0 Å². The molecular weight excluding hydrogens is 258 g/mol. The van der Waals surface area contributed by atoms with E-state index < -0.39 is 5.54 Å². The predicted octanol–water partition coefficient (Wildman–Crippen LogP) is 3.35. The van der Waals surface area contributed by atoms with Gasteiger partial charge in [-0.25, -0.2) is 0 Å². The molecule has 1 heterocycles. The summed E-state index contributed by atoms with van der Waals surface area (Å²) in [5, 5.41) is 5.57. The largest absolute Gasteiger partial charge is 0.465 e. The van der Waals surface area contributed by atoms with Crippen LogP contribution in [0.2, 0.25) is 0 Å². The average molecular weight is 281 g/mol. The molecule has 0 spiro atoms. The Morgan fingerprint density at radius 2 is 2.26 bits per heavy atom. The van der Waals surface area contributed by atoms with Gasteiger partial charge in [0.15, 0.2) is 0 Å². The molecule has 0 aromatic carbocycles. The summed E-state index contributed by atoms with van der Waals surface area (Å²) in [6.45, 7) is 7.38. The Balaban J connectivity index is 2.17. The number of nitrogens with one attached hydrogen (secondary N) is 1. The van der Waals surface area contributed by atoms with Crippen LogP contribution in [0, 0.1) is 5.41 Å². The summed E-state index contributed by atoms with van der Waals surface area (Å²) >= 11 is 1.72. The Labute approximate surface area is 119 Å². The van der Waals surface area contributed by atoms with Gasteiger partial charge in [-0.2, -0.15) is 0 Å². The third-order valence-electron chi connectivity index (χ3n) is 4.28. The van der Waals surface area contributed by atoms with E-state index in [2.05, 4.69) is 30.6 Å². The summed E-state index contributed by atoms with van der Waals surface area (Å²) in [6, 6.07) is 4.14. The van der Waals surface area contributed by atoms with E-state index in [1.54, 1.807) is 11.3 Å². The number of ether oxygens (including phenoxy) is 1. The van der Waals surface area contributed by atoms with Crippen LogP contribution in [-0.2, 0) is 16.1 Å². The van der Waals surface area contributed by atoms with Gasteiger partial charge in [-0.1, -0.05) is 26.3 Å². The van der Waals surface area contributed by atoms with Crippen LogP contribution < -0.4 is 5.32 Å². The van der Waals surface area contributed by atoms with Crippen LogP contribution in [0.5, 0.6) is 0 Å². The van der Waals surface area contributed by atoms with E-state index >= 15 is 0 Å². The molecule has 1 saturated carbocycles. The molecule has 1 aromatic rings. The fourth-order valence-corrected chi connectivity index (χ4v) is 3.68. The summed E-state index contributed by atoms with van der Waals surface area (Å²) in [5.74, 6) is -0.0888. The van der Waals surface area contributed by atoms with E-state index in [0.717, 1.165) is 25.8 Å². The summed E-state index contributed by atoms with van der Waals surface area (Å²) in [7, 11) is 0. The van der Waals surface area contributed by atoms with Gasteiger partial charge in [-0.3, -0.25) is 10.1 Å². The zero-order chi connectivity index (χ0) is 13.9. The number of thiophene rings is 1. The summed E-state index contributed by atoms with van der Waals surface area (Å²) in [4.78, 5) is 13.7.